The number of nitrogens with zero attached hydrogens (tertiary/aromatic N) is 4. The minimum absolute atomic E-state index is 0.244. The van der Waals surface area contributed by atoms with Gasteiger partial charge in [-0.3, -0.25) is 9.69 Å². The number of piperidine rings is 2. The molecular weight excluding hydrogens is 352 g/mol. The molecule has 4 heterocycles. The molecule has 2 aliphatic heterocycles. The van der Waals surface area contributed by atoms with Crippen LogP contribution in [0.5, 0.6) is 0 Å². The van der Waals surface area contributed by atoms with E-state index in [0.717, 1.165) is 63.5 Å². The molecule has 0 aliphatic carbocycles. The van der Waals surface area contributed by atoms with Crippen molar-refractivity contribution in [1.29, 1.82) is 0 Å². The number of amides is 1. The Hall–Kier alpha value is -1.92. The molecule has 2 saturated heterocycles. The summed E-state index contributed by atoms with van der Waals surface area (Å²) in [7, 11) is 1.72. The molecule has 6 nitrogen and oxygen atoms in total. The lowest BCUT2D eigenvalue weighted by Gasteiger charge is -2.48. The van der Waals surface area contributed by atoms with Crippen LogP contribution in [0.3, 0.4) is 0 Å². The van der Waals surface area contributed by atoms with Gasteiger partial charge in [0.25, 0.3) is 0 Å². The monoisotopic (exact) mass is 384 g/mol. The van der Waals surface area contributed by atoms with Crippen LogP contribution >= 0.6 is 0 Å². The topological polar surface area (TPSA) is 50.1 Å². The first kappa shape index (κ1) is 19.4. The van der Waals surface area contributed by atoms with Crippen molar-refractivity contribution in [2.75, 3.05) is 39.9 Å². The molecule has 2 aromatic rings. The predicted molar refractivity (Wildman–Crippen MR) is 109 cm³/mol. The van der Waals surface area contributed by atoms with Gasteiger partial charge in [0, 0.05) is 57.9 Å². The van der Waals surface area contributed by atoms with E-state index in [1.54, 1.807) is 7.11 Å². The Morgan fingerprint density at radius 3 is 3.00 bits per heavy atom. The summed E-state index contributed by atoms with van der Waals surface area (Å²) in [6.45, 7) is 7.67. The number of carbonyl (C=O) groups is 1. The van der Waals surface area contributed by atoms with E-state index in [4.69, 9.17) is 9.72 Å². The number of pyridine rings is 1. The molecule has 28 heavy (non-hydrogen) atoms. The van der Waals surface area contributed by atoms with E-state index in [0.29, 0.717) is 12.3 Å². The van der Waals surface area contributed by atoms with Gasteiger partial charge in [-0.25, -0.2) is 4.98 Å². The summed E-state index contributed by atoms with van der Waals surface area (Å²) in [4.78, 5) is 21.8. The quantitative estimate of drug-likeness (QED) is 0.719. The highest BCUT2D eigenvalue weighted by atomic mass is 16.5. The second kappa shape index (κ2) is 8.21. The molecule has 1 spiro atoms. The third kappa shape index (κ3) is 3.94. The zero-order chi connectivity index (χ0) is 19.6. The Labute approximate surface area is 167 Å². The summed E-state index contributed by atoms with van der Waals surface area (Å²) >= 11 is 0. The number of rotatable bonds is 6. The number of methoxy groups -OCH3 is 1. The number of fused-ring (bicyclic) bond motifs is 1. The summed E-state index contributed by atoms with van der Waals surface area (Å²) in [6, 6.07) is 6.18. The van der Waals surface area contributed by atoms with E-state index in [-0.39, 0.29) is 5.41 Å². The third-order valence-electron chi connectivity index (χ3n) is 6.47. The summed E-state index contributed by atoms with van der Waals surface area (Å²) in [6.07, 6.45) is 7.18. The zero-order valence-electron chi connectivity index (χ0n) is 17.2. The Kier molecular flexibility index (Phi) is 5.69. The second-order valence-corrected chi connectivity index (χ2v) is 8.55. The number of hydrogen-bond acceptors (Lipinski definition) is 4. The molecule has 1 unspecified atom stereocenters. The fourth-order valence-corrected chi connectivity index (χ4v) is 5.05. The Morgan fingerprint density at radius 1 is 1.25 bits per heavy atom. The smallest absolute Gasteiger partial charge is 0.222 e. The van der Waals surface area contributed by atoms with E-state index in [2.05, 4.69) is 39.5 Å². The standard InChI is InChI=1S/C22H32N4O2/c1-18-19(26-13-4-3-7-20(26)23-18)15-24-11-5-9-22(16-24)10-8-21(27)25(17-22)12-6-14-28-2/h3-4,7,13H,5-6,8-12,14-17H2,1-2H3. The molecule has 2 aliphatic rings. The molecule has 1 atom stereocenters. The van der Waals surface area contributed by atoms with Gasteiger partial charge in [-0.2, -0.15) is 0 Å². The van der Waals surface area contributed by atoms with Gasteiger partial charge in [0.15, 0.2) is 0 Å². The first-order valence-electron chi connectivity index (χ1n) is 10.5. The molecule has 0 bridgehead atoms. The summed E-state index contributed by atoms with van der Waals surface area (Å²) < 4.78 is 7.39. The highest BCUT2D eigenvalue weighted by Gasteiger charge is 2.41. The van der Waals surface area contributed by atoms with Crippen LogP contribution in [0.15, 0.2) is 24.4 Å². The van der Waals surface area contributed by atoms with Gasteiger partial charge >= 0.3 is 0 Å². The maximum absolute atomic E-state index is 12.4. The predicted octanol–water partition coefficient (Wildman–Crippen LogP) is 2.88. The second-order valence-electron chi connectivity index (χ2n) is 8.55. The largest absolute Gasteiger partial charge is 0.385 e. The minimum Gasteiger partial charge on any atom is -0.385 e. The van der Waals surface area contributed by atoms with Crippen LogP contribution < -0.4 is 0 Å². The Bertz CT molecular complexity index is 833. The summed E-state index contributed by atoms with van der Waals surface area (Å²) in [5, 5.41) is 0. The molecule has 0 N–H and O–H groups in total. The molecule has 0 aromatic carbocycles. The fourth-order valence-electron chi connectivity index (χ4n) is 5.05. The number of imidazole rings is 1. The lowest BCUT2D eigenvalue weighted by atomic mass is 9.73. The Morgan fingerprint density at radius 2 is 2.14 bits per heavy atom. The molecule has 152 valence electrons. The van der Waals surface area contributed by atoms with Crippen LogP contribution in [0.25, 0.3) is 5.65 Å². The SMILES string of the molecule is COCCCN1CC2(CCCN(Cc3c(C)nc4ccccn34)C2)CCC1=O. The van der Waals surface area contributed by atoms with Crippen LogP contribution in [0.1, 0.15) is 43.5 Å². The first-order chi connectivity index (χ1) is 13.6. The molecule has 0 saturated carbocycles. The van der Waals surface area contributed by atoms with Crippen molar-refractivity contribution >= 4 is 11.6 Å². The van der Waals surface area contributed by atoms with Crippen molar-refractivity contribution in [3.05, 3.63) is 35.8 Å². The molecule has 6 heteroatoms. The van der Waals surface area contributed by atoms with E-state index in [9.17, 15) is 4.79 Å². The molecule has 0 radical (unpaired) electrons. The maximum atomic E-state index is 12.4. The van der Waals surface area contributed by atoms with Crippen LogP contribution in [-0.2, 0) is 16.1 Å². The van der Waals surface area contributed by atoms with Gasteiger partial charge in [0.1, 0.15) is 5.65 Å². The molecule has 2 fully saturated rings. The van der Waals surface area contributed by atoms with E-state index in [1.807, 2.05) is 6.07 Å². The van der Waals surface area contributed by atoms with Crippen LogP contribution in [0, 0.1) is 12.3 Å². The van der Waals surface area contributed by atoms with Crippen LogP contribution in [-0.4, -0.2) is 65.0 Å². The minimum atomic E-state index is 0.244. The van der Waals surface area contributed by atoms with E-state index >= 15 is 0 Å². The normalized spacial score (nSPS) is 23.8. The van der Waals surface area contributed by atoms with Gasteiger partial charge < -0.3 is 14.0 Å². The number of aromatic nitrogens is 2. The van der Waals surface area contributed by atoms with Gasteiger partial charge in [0.05, 0.1) is 11.4 Å². The van der Waals surface area contributed by atoms with Gasteiger partial charge in [-0.1, -0.05) is 6.07 Å². The number of ether oxygens (including phenoxy) is 1. The van der Waals surface area contributed by atoms with Gasteiger partial charge in [0.2, 0.25) is 5.91 Å². The first-order valence-corrected chi connectivity index (χ1v) is 10.5. The van der Waals surface area contributed by atoms with Crippen molar-refractivity contribution in [3.63, 3.8) is 0 Å². The lowest BCUT2D eigenvalue weighted by Crippen LogP contribution is -2.54. The van der Waals surface area contributed by atoms with Crippen molar-refractivity contribution in [2.24, 2.45) is 5.41 Å². The number of aryl methyl sites for hydroxylation is 1. The fraction of sp³-hybridized carbons (Fsp3) is 0.636. The van der Waals surface area contributed by atoms with Crippen molar-refractivity contribution in [1.82, 2.24) is 19.2 Å². The van der Waals surface area contributed by atoms with Gasteiger partial charge in [-0.15, -0.1) is 0 Å². The molecule has 1 amide bonds. The average molecular weight is 385 g/mol. The van der Waals surface area contributed by atoms with Crippen molar-refractivity contribution < 1.29 is 9.53 Å². The zero-order valence-corrected chi connectivity index (χ0v) is 17.2. The average Bonchev–Trinajstić information content (AvgIpc) is 3.01. The summed E-state index contributed by atoms with van der Waals surface area (Å²) in [5.74, 6) is 0.316. The van der Waals surface area contributed by atoms with Crippen molar-refractivity contribution in [3.8, 4) is 0 Å². The lowest BCUT2D eigenvalue weighted by molar-refractivity contribution is -0.139. The number of likely N-dealkylation sites (tertiary alicyclic amines) is 2. The highest BCUT2D eigenvalue weighted by Crippen LogP contribution is 2.39. The third-order valence-corrected chi connectivity index (χ3v) is 6.47. The molecule has 4 rings (SSSR count). The molecular formula is C22H32N4O2. The highest BCUT2D eigenvalue weighted by molar-refractivity contribution is 5.77. The molecule has 2 aromatic heterocycles. The van der Waals surface area contributed by atoms with E-state index in [1.165, 1.54) is 18.5 Å². The van der Waals surface area contributed by atoms with Gasteiger partial charge in [-0.05, 0) is 51.3 Å². The summed E-state index contributed by atoms with van der Waals surface area (Å²) in [5.41, 5.74) is 3.67. The van der Waals surface area contributed by atoms with E-state index < -0.39 is 0 Å². The Balaban J connectivity index is 1.46. The van der Waals surface area contributed by atoms with Crippen molar-refractivity contribution in [2.45, 2.75) is 45.6 Å². The maximum Gasteiger partial charge on any atom is 0.222 e. The van der Waals surface area contributed by atoms with Crippen LogP contribution in [0.2, 0.25) is 0 Å². The number of hydrogen-bond donors (Lipinski definition) is 0. The van der Waals surface area contributed by atoms with Crippen LogP contribution in [0.4, 0.5) is 0 Å². The number of carbonyl (C=O) groups excluding carboxylic acids is 1.